The summed E-state index contributed by atoms with van der Waals surface area (Å²) in [7, 11) is 0. The van der Waals surface area contributed by atoms with Gasteiger partial charge in [-0.15, -0.1) is 0 Å². The summed E-state index contributed by atoms with van der Waals surface area (Å²) in [6.07, 6.45) is 0. The fraction of sp³-hybridized carbons (Fsp3) is 0.0714. The van der Waals surface area contributed by atoms with Crippen LogP contribution < -0.4 is 4.74 Å². The van der Waals surface area contributed by atoms with E-state index in [9.17, 15) is 0 Å². The Hall–Kier alpha value is -1.02. The summed E-state index contributed by atoms with van der Waals surface area (Å²) in [5.41, 5.74) is 1.53. The number of ether oxygens (including phenoxy) is 1. The van der Waals surface area contributed by atoms with Crippen LogP contribution in [0, 0.1) is 11.3 Å². The fourth-order valence-corrected chi connectivity index (χ4v) is 2.63. The Bertz CT molecular complexity index is 652. The molecule has 0 heterocycles. The first-order chi connectivity index (χ1) is 9.13. The predicted octanol–water partition coefficient (Wildman–Crippen LogP) is 5.66. The topological polar surface area (TPSA) is 33.0 Å². The molecular formula is C14H8Br2ClNO. The molecule has 0 aliphatic heterocycles. The molecule has 2 nitrogen and oxygen atoms in total. The highest BCUT2D eigenvalue weighted by atomic mass is 79.9. The van der Waals surface area contributed by atoms with Gasteiger partial charge in [0.1, 0.15) is 17.6 Å². The predicted molar refractivity (Wildman–Crippen MR) is 83.0 cm³/mol. The van der Waals surface area contributed by atoms with E-state index in [1.165, 1.54) is 0 Å². The molecule has 0 N–H and O–H groups in total. The number of rotatable bonds is 3. The average molecular weight is 401 g/mol. The summed E-state index contributed by atoms with van der Waals surface area (Å²) in [5.74, 6) is 1.14. The molecule has 0 fully saturated rings. The Labute approximate surface area is 133 Å². The van der Waals surface area contributed by atoms with Gasteiger partial charge in [0.25, 0.3) is 0 Å². The SMILES string of the molecule is N#Cc1cc(CBr)ccc1Oc1ccc(Cl)cc1Br. The van der Waals surface area contributed by atoms with Crippen LogP contribution in [-0.2, 0) is 5.33 Å². The number of nitrogens with zero attached hydrogens (tertiary/aromatic N) is 1. The van der Waals surface area contributed by atoms with Crippen LogP contribution in [0.5, 0.6) is 11.5 Å². The monoisotopic (exact) mass is 399 g/mol. The Morgan fingerprint density at radius 2 is 1.89 bits per heavy atom. The molecule has 0 radical (unpaired) electrons. The smallest absolute Gasteiger partial charge is 0.145 e. The summed E-state index contributed by atoms with van der Waals surface area (Å²) < 4.78 is 6.49. The van der Waals surface area contributed by atoms with Crippen LogP contribution in [0.15, 0.2) is 40.9 Å². The average Bonchev–Trinajstić information content (AvgIpc) is 2.42. The summed E-state index contributed by atoms with van der Waals surface area (Å²) in [5, 5.41) is 10.5. The maximum absolute atomic E-state index is 9.15. The van der Waals surface area contributed by atoms with Crippen molar-refractivity contribution in [2.24, 2.45) is 0 Å². The Morgan fingerprint density at radius 3 is 2.53 bits per heavy atom. The molecule has 0 amide bonds. The van der Waals surface area contributed by atoms with Crippen molar-refractivity contribution in [1.29, 1.82) is 5.26 Å². The highest BCUT2D eigenvalue weighted by Gasteiger charge is 2.08. The number of benzene rings is 2. The van der Waals surface area contributed by atoms with Crippen LogP contribution in [0.2, 0.25) is 5.02 Å². The molecule has 2 aromatic rings. The number of hydrogen-bond donors (Lipinski definition) is 0. The molecule has 0 saturated carbocycles. The molecule has 19 heavy (non-hydrogen) atoms. The first-order valence-electron chi connectivity index (χ1n) is 5.36. The largest absolute Gasteiger partial charge is 0.455 e. The summed E-state index contributed by atoms with van der Waals surface area (Å²) in [4.78, 5) is 0. The van der Waals surface area contributed by atoms with E-state index in [1.807, 2.05) is 6.07 Å². The van der Waals surface area contributed by atoms with E-state index in [-0.39, 0.29) is 0 Å². The van der Waals surface area contributed by atoms with Crippen LogP contribution in [0.3, 0.4) is 0 Å². The van der Waals surface area contributed by atoms with E-state index < -0.39 is 0 Å². The van der Waals surface area contributed by atoms with Gasteiger partial charge >= 0.3 is 0 Å². The molecule has 0 aliphatic carbocycles. The second kappa shape index (κ2) is 6.42. The molecule has 0 saturated heterocycles. The normalized spacial score (nSPS) is 10.0. The summed E-state index contributed by atoms with van der Waals surface area (Å²) in [6.45, 7) is 0. The lowest BCUT2D eigenvalue weighted by Crippen LogP contribution is -1.91. The molecule has 2 aromatic carbocycles. The first-order valence-corrected chi connectivity index (χ1v) is 7.65. The Kier molecular flexibility index (Phi) is 4.87. The van der Waals surface area contributed by atoms with E-state index >= 15 is 0 Å². The van der Waals surface area contributed by atoms with Gasteiger partial charge in [0.2, 0.25) is 0 Å². The highest BCUT2D eigenvalue weighted by molar-refractivity contribution is 9.10. The molecule has 0 spiro atoms. The van der Waals surface area contributed by atoms with Gasteiger partial charge in [0.05, 0.1) is 10.0 Å². The highest BCUT2D eigenvalue weighted by Crippen LogP contribution is 2.33. The second-order valence-electron chi connectivity index (χ2n) is 3.75. The second-order valence-corrected chi connectivity index (χ2v) is 5.60. The van der Waals surface area contributed by atoms with Gasteiger partial charge < -0.3 is 4.74 Å². The van der Waals surface area contributed by atoms with Crippen molar-refractivity contribution in [1.82, 2.24) is 0 Å². The molecular weight excluding hydrogens is 393 g/mol. The van der Waals surface area contributed by atoms with E-state index in [4.69, 9.17) is 21.6 Å². The lowest BCUT2D eigenvalue weighted by molar-refractivity contribution is 0.478. The molecule has 0 unspecified atom stereocenters. The van der Waals surface area contributed by atoms with Crippen LogP contribution in [0.1, 0.15) is 11.1 Å². The van der Waals surface area contributed by atoms with E-state index in [0.29, 0.717) is 27.4 Å². The minimum absolute atomic E-state index is 0.499. The van der Waals surface area contributed by atoms with Gasteiger partial charge in [-0.3, -0.25) is 0 Å². The molecule has 5 heteroatoms. The zero-order chi connectivity index (χ0) is 13.8. The minimum Gasteiger partial charge on any atom is -0.455 e. The lowest BCUT2D eigenvalue weighted by atomic mass is 10.1. The van der Waals surface area contributed by atoms with E-state index in [0.717, 1.165) is 10.0 Å². The van der Waals surface area contributed by atoms with Crippen molar-refractivity contribution in [2.75, 3.05) is 0 Å². The van der Waals surface area contributed by atoms with Gasteiger partial charge in [-0.05, 0) is 51.8 Å². The zero-order valence-corrected chi connectivity index (χ0v) is 13.6. The summed E-state index contributed by atoms with van der Waals surface area (Å²) in [6, 6.07) is 12.9. The molecule has 2 rings (SSSR count). The van der Waals surface area contributed by atoms with Crippen LogP contribution in [-0.4, -0.2) is 0 Å². The molecule has 0 bridgehead atoms. The van der Waals surface area contributed by atoms with Crippen molar-refractivity contribution in [3.8, 4) is 17.6 Å². The minimum atomic E-state index is 0.499. The van der Waals surface area contributed by atoms with Crippen LogP contribution in [0.25, 0.3) is 0 Å². The molecule has 0 atom stereocenters. The number of halogens is 3. The van der Waals surface area contributed by atoms with Gasteiger partial charge in [0.15, 0.2) is 0 Å². The molecule has 0 aliphatic rings. The van der Waals surface area contributed by atoms with Crippen molar-refractivity contribution in [2.45, 2.75) is 5.33 Å². The lowest BCUT2D eigenvalue weighted by Gasteiger charge is -2.10. The van der Waals surface area contributed by atoms with E-state index in [2.05, 4.69) is 37.9 Å². The van der Waals surface area contributed by atoms with Crippen LogP contribution >= 0.6 is 43.5 Å². The quantitative estimate of drug-likeness (QED) is 0.622. The van der Waals surface area contributed by atoms with Crippen molar-refractivity contribution >= 4 is 43.5 Å². The number of nitriles is 1. The van der Waals surface area contributed by atoms with Crippen molar-refractivity contribution < 1.29 is 4.74 Å². The van der Waals surface area contributed by atoms with Crippen LogP contribution in [0.4, 0.5) is 0 Å². The van der Waals surface area contributed by atoms with Gasteiger partial charge in [-0.1, -0.05) is 33.6 Å². The first kappa shape index (κ1) is 14.4. The zero-order valence-electron chi connectivity index (χ0n) is 9.66. The third kappa shape index (κ3) is 3.50. The van der Waals surface area contributed by atoms with Gasteiger partial charge in [-0.2, -0.15) is 5.26 Å². The van der Waals surface area contributed by atoms with E-state index in [1.54, 1.807) is 30.3 Å². The molecule has 0 aromatic heterocycles. The Balaban J connectivity index is 2.35. The molecule has 96 valence electrons. The fourth-order valence-electron chi connectivity index (χ4n) is 1.51. The van der Waals surface area contributed by atoms with Gasteiger partial charge in [-0.25, -0.2) is 0 Å². The maximum Gasteiger partial charge on any atom is 0.145 e. The standard InChI is InChI=1S/C14H8Br2ClNO/c15-7-9-1-3-13(10(5-9)8-18)19-14-4-2-11(17)6-12(14)16/h1-6H,7H2. The third-order valence-electron chi connectivity index (χ3n) is 2.43. The number of hydrogen-bond acceptors (Lipinski definition) is 2. The number of alkyl halides is 1. The third-order valence-corrected chi connectivity index (χ3v) is 3.93. The van der Waals surface area contributed by atoms with Crippen molar-refractivity contribution in [3.63, 3.8) is 0 Å². The Morgan fingerprint density at radius 1 is 1.16 bits per heavy atom. The summed E-state index contributed by atoms with van der Waals surface area (Å²) >= 11 is 12.6. The van der Waals surface area contributed by atoms with Crippen molar-refractivity contribution in [3.05, 3.63) is 57.0 Å². The van der Waals surface area contributed by atoms with Gasteiger partial charge in [0, 0.05) is 10.4 Å². The maximum atomic E-state index is 9.15.